The molecule has 0 saturated carbocycles. The van der Waals surface area contributed by atoms with E-state index in [1.165, 1.54) is 25.2 Å². The number of aromatic nitrogens is 1. The first-order valence-corrected chi connectivity index (χ1v) is 5.11. The summed E-state index contributed by atoms with van der Waals surface area (Å²) >= 11 is 1.40. The van der Waals surface area contributed by atoms with Gasteiger partial charge in [-0.15, -0.1) is 11.3 Å². The molecule has 0 amide bonds. The average Bonchev–Trinajstić information content (AvgIpc) is 2.32. The van der Waals surface area contributed by atoms with Gasteiger partial charge in [-0.2, -0.15) is 0 Å². The van der Waals surface area contributed by atoms with Gasteiger partial charge in [0.1, 0.15) is 5.67 Å². The molecule has 0 aliphatic carbocycles. The lowest BCUT2D eigenvalue weighted by Gasteiger charge is -2.09. The minimum Gasteiger partial charge on any atom is -0.328 e. The van der Waals surface area contributed by atoms with Gasteiger partial charge in [-0.25, -0.2) is 9.37 Å². The predicted octanol–water partition coefficient (Wildman–Crippen LogP) is 2.24. The Morgan fingerprint density at radius 3 is 2.69 bits per heavy atom. The van der Waals surface area contributed by atoms with Gasteiger partial charge in [0, 0.05) is 18.7 Å². The quantitative estimate of drug-likeness (QED) is 0.816. The second kappa shape index (κ2) is 3.72. The van der Waals surface area contributed by atoms with Crippen LogP contribution in [0.15, 0.2) is 6.20 Å². The van der Waals surface area contributed by atoms with Crippen LogP contribution in [0.1, 0.15) is 30.7 Å². The van der Waals surface area contributed by atoms with E-state index in [0.717, 1.165) is 11.4 Å². The summed E-state index contributed by atoms with van der Waals surface area (Å²) < 4.78 is 13.4. The van der Waals surface area contributed by atoms with E-state index in [1.54, 1.807) is 6.20 Å². The average molecular weight is 202 g/mol. The van der Waals surface area contributed by atoms with E-state index in [0.29, 0.717) is 4.88 Å². The summed E-state index contributed by atoms with van der Waals surface area (Å²) in [5.41, 5.74) is 4.33. The summed E-state index contributed by atoms with van der Waals surface area (Å²) in [6, 6.07) is 0.0849. The largest absolute Gasteiger partial charge is 0.328 e. The van der Waals surface area contributed by atoms with Crippen molar-refractivity contribution in [2.24, 2.45) is 5.73 Å². The highest BCUT2D eigenvalue weighted by molar-refractivity contribution is 7.11. The summed E-state index contributed by atoms with van der Waals surface area (Å²) in [5.74, 6) is 0. The molecule has 0 spiro atoms. The van der Waals surface area contributed by atoms with Crippen LogP contribution in [-0.4, -0.2) is 11.0 Å². The van der Waals surface area contributed by atoms with Crippen LogP contribution in [0.3, 0.4) is 0 Å². The Kier molecular flexibility index (Phi) is 3.03. The Morgan fingerprint density at radius 1 is 1.69 bits per heavy atom. The fourth-order valence-electron chi connectivity index (χ4n) is 0.955. The molecule has 0 fully saturated rings. The number of thiazole rings is 1. The molecule has 0 aliphatic heterocycles. The SMILES string of the molecule is CC(N)Cc1ncc(C(C)(C)F)s1. The summed E-state index contributed by atoms with van der Waals surface area (Å²) in [4.78, 5) is 4.79. The number of nitrogens with two attached hydrogens (primary N) is 1. The highest BCUT2D eigenvalue weighted by Crippen LogP contribution is 2.29. The van der Waals surface area contributed by atoms with Gasteiger partial charge in [-0.3, -0.25) is 0 Å². The van der Waals surface area contributed by atoms with Crippen LogP contribution in [0.5, 0.6) is 0 Å². The lowest BCUT2D eigenvalue weighted by Crippen LogP contribution is -2.17. The van der Waals surface area contributed by atoms with Gasteiger partial charge < -0.3 is 5.73 Å². The van der Waals surface area contributed by atoms with E-state index >= 15 is 0 Å². The molecule has 0 aliphatic rings. The van der Waals surface area contributed by atoms with E-state index in [-0.39, 0.29) is 6.04 Å². The summed E-state index contributed by atoms with van der Waals surface area (Å²) in [5, 5.41) is 0.913. The maximum Gasteiger partial charge on any atom is 0.141 e. The van der Waals surface area contributed by atoms with Gasteiger partial charge in [0.25, 0.3) is 0 Å². The predicted molar refractivity (Wildman–Crippen MR) is 53.6 cm³/mol. The lowest BCUT2D eigenvalue weighted by molar-refractivity contribution is 0.226. The van der Waals surface area contributed by atoms with Gasteiger partial charge in [-0.05, 0) is 20.8 Å². The molecule has 0 bridgehead atoms. The Balaban J connectivity index is 2.75. The third kappa shape index (κ3) is 3.04. The summed E-state index contributed by atoms with van der Waals surface area (Å²) in [6.07, 6.45) is 2.32. The second-order valence-corrected chi connectivity index (χ2v) is 4.89. The molecule has 13 heavy (non-hydrogen) atoms. The zero-order valence-electron chi connectivity index (χ0n) is 8.17. The first-order valence-electron chi connectivity index (χ1n) is 4.29. The molecule has 1 unspecified atom stereocenters. The zero-order chi connectivity index (χ0) is 10.1. The van der Waals surface area contributed by atoms with E-state index in [1.807, 2.05) is 6.92 Å². The molecule has 0 aromatic carbocycles. The normalized spacial score (nSPS) is 14.5. The number of rotatable bonds is 3. The zero-order valence-corrected chi connectivity index (χ0v) is 8.99. The van der Waals surface area contributed by atoms with Crippen molar-refractivity contribution < 1.29 is 4.39 Å². The fourth-order valence-corrected chi connectivity index (χ4v) is 2.01. The van der Waals surface area contributed by atoms with E-state index < -0.39 is 5.67 Å². The Labute approximate surface area is 82.0 Å². The van der Waals surface area contributed by atoms with Gasteiger partial charge in [0.2, 0.25) is 0 Å². The van der Waals surface area contributed by atoms with Crippen molar-refractivity contribution in [3.63, 3.8) is 0 Å². The summed E-state index contributed by atoms with van der Waals surface area (Å²) in [6.45, 7) is 4.99. The van der Waals surface area contributed by atoms with E-state index in [9.17, 15) is 4.39 Å². The molecule has 1 atom stereocenters. The van der Waals surface area contributed by atoms with Crippen LogP contribution in [0, 0.1) is 0 Å². The van der Waals surface area contributed by atoms with Crippen molar-refractivity contribution in [1.29, 1.82) is 0 Å². The Morgan fingerprint density at radius 2 is 2.31 bits per heavy atom. The molecular formula is C9H15FN2S. The van der Waals surface area contributed by atoms with Gasteiger partial charge in [-0.1, -0.05) is 0 Å². The third-order valence-electron chi connectivity index (χ3n) is 1.64. The van der Waals surface area contributed by atoms with E-state index in [2.05, 4.69) is 4.98 Å². The maximum absolute atomic E-state index is 13.4. The first-order chi connectivity index (χ1) is 5.89. The fraction of sp³-hybridized carbons (Fsp3) is 0.667. The third-order valence-corrected chi connectivity index (χ3v) is 2.95. The van der Waals surface area contributed by atoms with Gasteiger partial charge in [0.15, 0.2) is 0 Å². The number of halogens is 1. The van der Waals surface area contributed by atoms with Crippen LogP contribution >= 0.6 is 11.3 Å². The first kappa shape index (κ1) is 10.6. The molecule has 4 heteroatoms. The Bertz CT molecular complexity index is 275. The van der Waals surface area contributed by atoms with Crippen molar-refractivity contribution in [3.05, 3.63) is 16.1 Å². The Hall–Kier alpha value is -0.480. The molecule has 2 N–H and O–H groups in total. The van der Waals surface area contributed by atoms with Crippen molar-refractivity contribution in [2.75, 3.05) is 0 Å². The van der Waals surface area contributed by atoms with Gasteiger partial charge >= 0.3 is 0 Å². The van der Waals surface area contributed by atoms with Crippen LogP contribution in [0.2, 0.25) is 0 Å². The minimum absolute atomic E-state index is 0.0849. The number of alkyl halides is 1. The molecule has 1 rings (SSSR count). The van der Waals surface area contributed by atoms with Crippen LogP contribution in [0.4, 0.5) is 4.39 Å². The lowest BCUT2D eigenvalue weighted by atomic mass is 10.1. The monoisotopic (exact) mass is 202 g/mol. The molecule has 74 valence electrons. The minimum atomic E-state index is -1.28. The standard InChI is InChI=1S/C9H15FN2S/c1-6(11)4-8-12-5-7(13-8)9(2,3)10/h5-6H,4,11H2,1-3H3. The molecule has 1 aromatic rings. The topological polar surface area (TPSA) is 38.9 Å². The summed E-state index contributed by atoms with van der Waals surface area (Å²) in [7, 11) is 0. The smallest absolute Gasteiger partial charge is 0.141 e. The molecule has 0 saturated heterocycles. The highest BCUT2D eigenvalue weighted by atomic mass is 32.1. The second-order valence-electron chi connectivity index (χ2n) is 3.77. The molecule has 1 heterocycles. The van der Waals surface area contributed by atoms with Crippen molar-refractivity contribution >= 4 is 11.3 Å². The maximum atomic E-state index is 13.4. The van der Waals surface area contributed by atoms with Crippen LogP contribution in [0.25, 0.3) is 0 Å². The van der Waals surface area contributed by atoms with Crippen molar-refractivity contribution in [2.45, 2.75) is 38.9 Å². The van der Waals surface area contributed by atoms with E-state index in [4.69, 9.17) is 5.73 Å². The molecule has 1 aromatic heterocycles. The number of hydrogen-bond donors (Lipinski definition) is 1. The van der Waals surface area contributed by atoms with Crippen LogP contribution in [-0.2, 0) is 12.1 Å². The van der Waals surface area contributed by atoms with Gasteiger partial charge in [0.05, 0.1) is 9.88 Å². The van der Waals surface area contributed by atoms with Crippen molar-refractivity contribution in [3.8, 4) is 0 Å². The van der Waals surface area contributed by atoms with Crippen molar-refractivity contribution in [1.82, 2.24) is 4.98 Å². The number of hydrogen-bond acceptors (Lipinski definition) is 3. The van der Waals surface area contributed by atoms with Crippen LogP contribution < -0.4 is 5.73 Å². The highest BCUT2D eigenvalue weighted by Gasteiger charge is 2.21. The molecule has 2 nitrogen and oxygen atoms in total. The number of nitrogens with zero attached hydrogens (tertiary/aromatic N) is 1. The molecule has 0 radical (unpaired) electrons. The molecular weight excluding hydrogens is 187 g/mol.